The Hall–Kier alpha value is -0.370. The molecule has 0 heterocycles. The van der Waals surface area contributed by atoms with Crippen molar-refractivity contribution in [3.05, 3.63) is 0 Å². The van der Waals surface area contributed by atoms with Gasteiger partial charge in [0.2, 0.25) is 0 Å². The minimum atomic E-state index is -0.253. The third-order valence-corrected chi connectivity index (χ3v) is 2.99. The number of hydrogen-bond donors (Lipinski definition) is 1. The molecule has 15 heavy (non-hydrogen) atoms. The van der Waals surface area contributed by atoms with Gasteiger partial charge in [-0.1, -0.05) is 27.7 Å². The third-order valence-electron chi connectivity index (χ3n) is 2.99. The number of carbonyl (C=O) groups is 1. The fourth-order valence-electron chi connectivity index (χ4n) is 2.31. The molecule has 0 spiro atoms. The van der Waals surface area contributed by atoms with Crippen LogP contribution < -0.4 is 5.32 Å². The largest absolute Gasteiger partial charge is 0.300 e. The monoisotopic (exact) mass is 211 g/mol. The molecule has 0 aromatic rings. The summed E-state index contributed by atoms with van der Waals surface area (Å²) in [4.78, 5) is 12.4. The van der Waals surface area contributed by atoms with E-state index in [2.05, 4.69) is 33.0 Å². The summed E-state index contributed by atoms with van der Waals surface area (Å²) in [6.07, 6.45) is 0.986. The summed E-state index contributed by atoms with van der Waals surface area (Å²) in [5.41, 5.74) is -0.495. The lowest BCUT2D eigenvalue weighted by Crippen LogP contribution is -2.54. The van der Waals surface area contributed by atoms with Gasteiger partial charge in [-0.25, -0.2) is 0 Å². The highest BCUT2D eigenvalue weighted by Gasteiger charge is 2.60. The van der Waals surface area contributed by atoms with Crippen LogP contribution in [0.4, 0.5) is 0 Å². The molecule has 2 nitrogen and oxygen atoms in total. The van der Waals surface area contributed by atoms with Gasteiger partial charge in [0.05, 0.1) is 5.54 Å². The fraction of sp³-hybridized carbons (Fsp3) is 0.923. The topological polar surface area (TPSA) is 29.1 Å². The molecule has 1 aliphatic rings. The first-order valence-electron chi connectivity index (χ1n) is 5.83. The van der Waals surface area contributed by atoms with E-state index in [1.54, 1.807) is 0 Å². The summed E-state index contributed by atoms with van der Waals surface area (Å²) in [5, 5.41) is 3.51. The number of hydrogen-bond acceptors (Lipinski definition) is 2. The van der Waals surface area contributed by atoms with E-state index >= 15 is 0 Å². The molecule has 2 atom stereocenters. The van der Waals surface area contributed by atoms with Gasteiger partial charge >= 0.3 is 0 Å². The molecule has 1 N–H and O–H groups in total. The molecule has 1 aliphatic carbocycles. The van der Waals surface area contributed by atoms with Gasteiger partial charge in [-0.15, -0.1) is 0 Å². The molecular formula is C13H25NO. The molecule has 0 amide bonds. The SMILES string of the molecule is CC1CC1(NC(C)(C)C)C(=O)C(C)(C)C. The highest BCUT2D eigenvalue weighted by atomic mass is 16.1. The van der Waals surface area contributed by atoms with E-state index in [1.807, 2.05) is 20.8 Å². The second kappa shape index (κ2) is 3.31. The van der Waals surface area contributed by atoms with Gasteiger partial charge in [0.15, 0.2) is 5.78 Å². The summed E-state index contributed by atoms with van der Waals surface area (Å²) in [6.45, 7) is 14.5. The Bertz CT molecular complexity index is 269. The van der Waals surface area contributed by atoms with E-state index in [-0.39, 0.29) is 16.5 Å². The average molecular weight is 211 g/mol. The predicted molar refractivity (Wildman–Crippen MR) is 63.9 cm³/mol. The zero-order chi connectivity index (χ0) is 12.1. The van der Waals surface area contributed by atoms with E-state index in [4.69, 9.17) is 0 Å². The summed E-state index contributed by atoms with van der Waals surface area (Å²) in [5.74, 6) is 0.834. The number of nitrogens with one attached hydrogen (secondary N) is 1. The highest BCUT2D eigenvalue weighted by molar-refractivity contribution is 5.96. The quantitative estimate of drug-likeness (QED) is 0.761. The highest BCUT2D eigenvalue weighted by Crippen LogP contribution is 2.48. The Kier molecular flexibility index (Phi) is 2.80. The van der Waals surface area contributed by atoms with Crippen LogP contribution in [0.15, 0.2) is 0 Å². The lowest BCUT2D eigenvalue weighted by atomic mass is 9.83. The standard InChI is InChI=1S/C13H25NO/c1-9-8-13(9,14-12(5,6)7)10(15)11(2,3)4/h9,14H,8H2,1-7H3. The Labute approximate surface area is 93.8 Å². The zero-order valence-corrected chi connectivity index (χ0v) is 11.2. The molecule has 0 aromatic carbocycles. The van der Waals surface area contributed by atoms with Crippen molar-refractivity contribution in [1.82, 2.24) is 5.32 Å². The number of ketones is 1. The average Bonchev–Trinajstić information content (AvgIpc) is 2.55. The van der Waals surface area contributed by atoms with Crippen molar-refractivity contribution in [2.24, 2.45) is 11.3 Å². The van der Waals surface area contributed by atoms with Crippen molar-refractivity contribution in [1.29, 1.82) is 0 Å². The van der Waals surface area contributed by atoms with Gasteiger partial charge in [-0.2, -0.15) is 0 Å². The van der Waals surface area contributed by atoms with Crippen molar-refractivity contribution < 1.29 is 4.79 Å². The fourth-order valence-corrected chi connectivity index (χ4v) is 2.31. The molecule has 0 aromatic heterocycles. The van der Waals surface area contributed by atoms with Crippen molar-refractivity contribution >= 4 is 5.78 Å². The molecule has 0 saturated heterocycles. The van der Waals surface area contributed by atoms with Crippen LogP contribution in [0, 0.1) is 11.3 Å². The van der Waals surface area contributed by atoms with Crippen LogP contribution in [0.1, 0.15) is 54.9 Å². The minimum absolute atomic E-state index is 0.00563. The normalized spacial score (nSPS) is 31.5. The van der Waals surface area contributed by atoms with E-state index in [1.165, 1.54) is 0 Å². The summed E-state index contributed by atoms with van der Waals surface area (Å²) in [6, 6.07) is 0. The van der Waals surface area contributed by atoms with Crippen molar-refractivity contribution in [2.75, 3.05) is 0 Å². The number of Topliss-reactive ketones (excluding diaryl/α,β-unsaturated/α-hetero) is 1. The smallest absolute Gasteiger partial charge is 0.158 e. The van der Waals surface area contributed by atoms with Crippen LogP contribution in [0.3, 0.4) is 0 Å². The molecule has 0 aliphatic heterocycles. The van der Waals surface area contributed by atoms with Crippen LogP contribution in [0.25, 0.3) is 0 Å². The Balaban J connectivity index is 2.85. The summed E-state index contributed by atoms with van der Waals surface area (Å²) >= 11 is 0. The van der Waals surface area contributed by atoms with Gasteiger partial charge in [0, 0.05) is 11.0 Å². The minimum Gasteiger partial charge on any atom is -0.300 e. The van der Waals surface area contributed by atoms with Crippen LogP contribution >= 0.6 is 0 Å². The van der Waals surface area contributed by atoms with Gasteiger partial charge < -0.3 is 0 Å². The van der Waals surface area contributed by atoms with E-state index in [0.29, 0.717) is 11.7 Å². The van der Waals surface area contributed by atoms with Crippen molar-refractivity contribution in [3.8, 4) is 0 Å². The second-order valence-corrected chi connectivity index (χ2v) is 7.03. The first-order chi connectivity index (χ1) is 6.49. The second-order valence-electron chi connectivity index (χ2n) is 7.03. The van der Waals surface area contributed by atoms with Gasteiger partial charge in [-0.05, 0) is 33.1 Å². The third kappa shape index (κ3) is 2.60. The van der Waals surface area contributed by atoms with E-state index < -0.39 is 0 Å². The maximum atomic E-state index is 12.4. The summed E-state index contributed by atoms with van der Waals surface area (Å²) in [7, 11) is 0. The Morgan fingerprint density at radius 3 is 1.80 bits per heavy atom. The molecule has 2 unspecified atom stereocenters. The van der Waals surface area contributed by atoms with E-state index in [9.17, 15) is 4.79 Å². The maximum absolute atomic E-state index is 12.4. The molecule has 1 fully saturated rings. The Morgan fingerprint density at radius 2 is 1.60 bits per heavy atom. The maximum Gasteiger partial charge on any atom is 0.158 e. The lowest BCUT2D eigenvalue weighted by molar-refractivity contribution is -0.130. The zero-order valence-electron chi connectivity index (χ0n) is 11.2. The molecular weight excluding hydrogens is 186 g/mol. The number of rotatable bonds is 2. The van der Waals surface area contributed by atoms with Gasteiger partial charge in [0.25, 0.3) is 0 Å². The van der Waals surface area contributed by atoms with Crippen LogP contribution in [0.5, 0.6) is 0 Å². The number of carbonyl (C=O) groups excluding carboxylic acids is 1. The molecule has 1 saturated carbocycles. The first-order valence-corrected chi connectivity index (χ1v) is 5.83. The molecule has 2 heteroatoms. The molecule has 0 radical (unpaired) electrons. The molecule has 0 bridgehead atoms. The van der Waals surface area contributed by atoms with Crippen molar-refractivity contribution in [3.63, 3.8) is 0 Å². The van der Waals surface area contributed by atoms with Crippen molar-refractivity contribution in [2.45, 2.75) is 66.0 Å². The van der Waals surface area contributed by atoms with Gasteiger partial charge in [-0.3, -0.25) is 10.1 Å². The lowest BCUT2D eigenvalue weighted by Gasteiger charge is -2.32. The van der Waals surface area contributed by atoms with Gasteiger partial charge in [0.1, 0.15) is 0 Å². The predicted octanol–water partition coefficient (Wildman–Crippen LogP) is 2.77. The summed E-state index contributed by atoms with van der Waals surface area (Å²) < 4.78 is 0. The van der Waals surface area contributed by atoms with Crippen LogP contribution in [-0.2, 0) is 4.79 Å². The molecule has 1 rings (SSSR count). The van der Waals surface area contributed by atoms with Crippen LogP contribution in [0.2, 0.25) is 0 Å². The first kappa shape index (κ1) is 12.7. The van der Waals surface area contributed by atoms with E-state index in [0.717, 1.165) is 6.42 Å². The van der Waals surface area contributed by atoms with Crippen LogP contribution in [-0.4, -0.2) is 16.9 Å². The Morgan fingerprint density at radius 1 is 1.20 bits per heavy atom. The molecule has 88 valence electrons.